The van der Waals surface area contributed by atoms with Crippen molar-refractivity contribution >= 4 is 33.1 Å². The fourth-order valence-corrected chi connectivity index (χ4v) is 5.91. The molecule has 3 heterocycles. The molecule has 2 aliphatic heterocycles. The van der Waals surface area contributed by atoms with Crippen molar-refractivity contribution in [2.24, 2.45) is 0 Å². The van der Waals surface area contributed by atoms with Gasteiger partial charge in [0, 0.05) is 29.0 Å². The number of hydrogen-bond acceptors (Lipinski definition) is 6. The fourth-order valence-electron chi connectivity index (χ4n) is 2.64. The zero-order valence-corrected chi connectivity index (χ0v) is 14.0. The summed E-state index contributed by atoms with van der Waals surface area (Å²) in [5.41, 5.74) is 0.991. The van der Waals surface area contributed by atoms with Gasteiger partial charge in [-0.05, 0) is 13.3 Å². The highest BCUT2D eigenvalue weighted by molar-refractivity contribution is 8.01. The van der Waals surface area contributed by atoms with Crippen molar-refractivity contribution in [1.29, 1.82) is 0 Å². The smallest absolute Gasteiger partial charge is 0.211 e. The number of aryl methyl sites for hydroxylation is 1. The molecule has 0 bridgehead atoms. The van der Waals surface area contributed by atoms with Crippen molar-refractivity contribution < 1.29 is 13.2 Å². The van der Waals surface area contributed by atoms with Gasteiger partial charge in [-0.2, -0.15) is 4.31 Å². The average Bonchev–Trinajstić information content (AvgIpc) is 2.89. The first kappa shape index (κ1) is 14.8. The van der Waals surface area contributed by atoms with Crippen LogP contribution in [0.2, 0.25) is 0 Å². The lowest BCUT2D eigenvalue weighted by molar-refractivity contribution is 0.0383. The number of rotatable bonds is 4. The van der Waals surface area contributed by atoms with Gasteiger partial charge in [-0.3, -0.25) is 0 Å². The molecule has 3 rings (SSSR count). The molecule has 0 saturated carbocycles. The molecule has 112 valence electrons. The van der Waals surface area contributed by atoms with Gasteiger partial charge in [0.15, 0.2) is 0 Å². The first-order valence-corrected chi connectivity index (χ1v) is 10.2. The molecule has 0 amide bonds. The summed E-state index contributed by atoms with van der Waals surface area (Å²) in [5.74, 6) is 0.945. The predicted octanol–water partition coefficient (Wildman–Crippen LogP) is 1.49. The minimum atomic E-state index is -3.03. The van der Waals surface area contributed by atoms with Crippen molar-refractivity contribution in [1.82, 2.24) is 9.29 Å². The van der Waals surface area contributed by atoms with Crippen LogP contribution in [0.4, 0.5) is 0 Å². The van der Waals surface area contributed by atoms with Crippen molar-refractivity contribution in [2.45, 2.75) is 30.8 Å². The molecular weight excluding hydrogens is 316 g/mol. The van der Waals surface area contributed by atoms with Crippen LogP contribution < -0.4 is 0 Å². The van der Waals surface area contributed by atoms with Gasteiger partial charge in [0.05, 0.1) is 29.7 Å². The SMILES string of the molecule is Cc1nc(CO[C@H]2CSC3(C2)CN(S(C)(=O)=O)C3)cs1. The highest BCUT2D eigenvalue weighted by atomic mass is 32.2. The molecule has 2 saturated heterocycles. The number of thioether (sulfide) groups is 1. The Bertz CT molecular complexity index is 593. The number of nitrogens with zero attached hydrogens (tertiary/aromatic N) is 2. The first-order chi connectivity index (χ1) is 9.36. The van der Waals surface area contributed by atoms with E-state index in [4.69, 9.17) is 4.74 Å². The molecule has 0 unspecified atom stereocenters. The van der Waals surface area contributed by atoms with Gasteiger partial charge in [0.25, 0.3) is 0 Å². The minimum absolute atomic E-state index is 0.0890. The quantitative estimate of drug-likeness (QED) is 0.835. The summed E-state index contributed by atoms with van der Waals surface area (Å²) in [7, 11) is -3.03. The maximum Gasteiger partial charge on any atom is 0.211 e. The van der Waals surface area contributed by atoms with Crippen LogP contribution in [-0.4, -0.2) is 53.7 Å². The molecule has 1 aromatic heterocycles. The van der Waals surface area contributed by atoms with Crippen LogP contribution in [0.15, 0.2) is 5.38 Å². The van der Waals surface area contributed by atoms with E-state index in [1.54, 1.807) is 15.6 Å². The fraction of sp³-hybridized carbons (Fsp3) is 0.750. The number of aromatic nitrogens is 1. The van der Waals surface area contributed by atoms with Crippen LogP contribution in [-0.2, 0) is 21.4 Å². The molecule has 5 nitrogen and oxygen atoms in total. The lowest BCUT2D eigenvalue weighted by atomic mass is 9.95. The van der Waals surface area contributed by atoms with Gasteiger partial charge in [0.1, 0.15) is 0 Å². The van der Waals surface area contributed by atoms with Crippen molar-refractivity contribution in [3.8, 4) is 0 Å². The summed E-state index contributed by atoms with van der Waals surface area (Å²) in [6, 6.07) is 0. The zero-order valence-electron chi connectivity index (χ0n) is 11.5. The Morgan fingerprint density at radius 1 is 1.55 bits per heavy atom. The average molecular weight is 334 g/mol. The van der Waals surface area contributed by atoms with Crippen molar-refractivity contribution in [3.63, 3.8) is 0 Å². The second-order valence-electron chi connectivity index (χ2n) is 5.52. The van der Waals surface area contributed by atoms with E-state index >= 15 is 0 Å². The van der Waals surface area contributed by atoms with Crippen LogP contribution in [0.25, 0.3) is 0 Å². The van der Waals surface area contributed by atoms with Crippen LogP contribution in [0.3, 0.4) is 0 Å². The second-order valence-corrected chi connectivity index (χ2v) is 10.1. The van der Waals surface area contributed by atoms with E-state index in [0.29, 0.717) is 19.7 Å². The number of ether oxygens (including phenoxy) is 1. The van der Waals surface area contributed by atoms with E-state index in [-0.39, 0.29) is 10.9 Å². The Hall–Kier alpha value is -0.150. The molecule has 0 aromatic carbocycles. The standard InChI is InChI=1S/C12H18N2O3S3/c1-9-13-10(5-18-9)4-17-11-3-12(19-6-11)7-14(8-12)20(2,15)16/h5,11H,3-4,6-8H2,1-2H3/t11-/m1/s1. The topological polar surface area (TPSA) is 59.5 Å². The van der Waals surface area contributed by atoms with E-state index in [0.717, 1.165) is 22.9 Å². The van der Waals surface area contributed by atoms with Crippen LogP contribution in [0.1, 0.15) is 17.1 Å². The third-order valence-corrected chi connectivity index (χ3v) is 7.30. The van der Waals surface area contributed by atoms with Crippen LogP contribution in [0, 0.1) is 6.92 Å². The third-order valence-electron chi connectivity index (χ3n) is 3.71. The Morgan fingerprint density at radius 3 is 2.90 bits per heavy atom. The molecule has 1 spiro atoms. The summed E-state index contributed by atoms with van der Waals surface area (Å²) in [6.45, 7) is 3.81. The van der Waals surface area contributed by atoms with Gasteiger partial charge < -0.3 is 4.74 Å². The van der Waals surface area contributed by atoms with E-state index in [1.165, 1.54) is 6.26 Å². The number of hydrogen-bond donors (Lipinski definition) is 0. The Kier molecular flexibility index (Phi) is 3.87. The molecule has 1 aromatic rings. The van der Waals surface area contributed by atoms with Crippen molar-refractivity contribution in [3.05, 3.63) is 16.1 Å². The number of sulfonamides is 1. The van der Waals surface area contributed by atoms with E-state index in [2.05, 4.69) is 4.98 Å². The summed E-state index contributed by atoms with van der Waals surface area (Å²) < 4.78 is 30.4. The maximum atomic E-state index is 11.4. The van der Waals surface area contributed by atoms with Crippen LogP contribution >= 0.6 is 23.1 Å². The normalized spacial score (nSPS) is 26.0. The summed E-state index contributed by atoms with van der Waals surface area (Å²) in [5, 5.41) is 3.09. The largest absolute Gasteiger partial charge is 0.371 e. The summed E-state index contributed by atoms with van der Waals surface area (Å²) in [4.78, 5) is 4.39. The second kappa shape index (κ2) is 5.24. The van der Waals surface area contributed by atoms with Gasteiger partial charge in [-0.15, -0.1) is 23.1 Å². The van der Waals surface area contributed by atoms with E-state index in [9.17, 15) is 8.42 Å². The van der Waals surface area contributed by atoms with E-state index < -0.39 is 10.0 Å². The lowest BCUT2D eigenvalue weighted by Crippen LogP contribution is -2.60. The van der Waals surface area contributed by atoms with Gasteiger partial charge in [0.2, 0.25) is 10.0 Å². The molecule has 0 radical (unpaired) electrons. The molecule has 1 atom stereocenters. The molecule has 8 heteroatoms. The highest BCUT2D eigenvalue weighted by Crippen LogP contribution is 2.46. The molecule has 0 aliphatic carbocycles. The Balaban J connectivity index is 1.49. The summed E-state index contributed by atoms with van der Waals surface area (Å²) >= 11 is 3.49. The lowest BCUT2D eigenvalue weighted by Gasteiger charge is -2.45. The molecule has 2 aliphatic rings. The van der Waals surface area contributed by atoms with Crippen LogP contribution in [0.5, 0.6) is 0 Å². The first-order valence-electron chi connectivity index (χ1n) is 6.48. The summed E-state index contributed by atoms with van der Waals surface area (Å²) in [6.07, 6.45) is 2.42. The Morgan fingerprint density at radius 2 is 2.30 bits per heavy atom. The third kappa shape index (κ3) is 3.04. The monoisotopic (exact) mass is 334 g/mol. The van der Waals surface area contributed by atoms with E-state index in [1.807, 2.05) is 24.1 Å². The molecular formula is C12H18N2O3S3. The van der Waals surface area contributed by atoms with Gasteiger partial charge >= 0.3 is 0 Å². The highest BCUT2D eigenvalue weighted by Gasteiger charge is 2.52. The molecule has 20 heavy (non-hydrogen) atoms. The molecule has 2 fully saturated rings. The van der Waals surface area contributed by atoms with Gasteiger partial charge in [-0.1, -0.05) is 0 Å². The Labute approximate surface area is 127 Å². The molecule has 0 N–H and O–H groups in total. The predicted molar refractivity (Wildman–Crippen MR) is 81.7 cm³/mol. The minimum Gasteiger partial charge on any atom is -0.371 e. The van der Waals surface area contributed by atoms with Gasteiger partial charge in [-0.25, -0.2) is 13.4 Å². The zero-order chi connectivity index (χ0) is 14.4. The number of thiazole rings is 1. The van der Waals surface area contributed by atoms with Crippen molar-refractivity contribution in [2.75, 3.05) is 25.1 Å². The maximum absolute atomic E-state index is 11.4.